The molecule has 2 aromatic rings. The lowest BCUT2D eigenvalue weighted by molar-refractivity contribution is 0.737. The zero-order chi connectivity index (χ0) is 12.0. The summed E-state index contributed by atoms with van der Waals surface area (Å²) in [4.78, 5) is 0. The number of nitrogens with two attached hydrogens (primary N) is 1. The molecule has 1 saturated carbocycles. The van der Waals surface area contributed by atoms with Crippen molar-refractivity contribution < 1.29 is 0 Å². The summed E-state index contributed by atoms with van der Waals surface area (Å²) in [5, 5.41) is 4.36. The van der Waals surface area contributed by atoms with E-state index < -0.39 is 0 Å². The molecule has 0 radical (unpaired) electrons. The van der Waals surface area contributed by atoms with Crippen molar-refractivity contribution in [1.29, 1.82) is 0 Å². The number of aromatic nitrogens is 2. The Morgan fingerprint density at radius 3 is 2.71 bits per heavy atom. The van der Waals surface area contributed by atoms with E-state index in [1.165, 1.54) is 0 Å². The molecule has 0 spiro atoms. The molecule has 0 atom stereocenters. The van der Waals surface area contributed by atoms with E-state index in [1.54, 1.807) is 0 Å². The van der Waals surface area contributed by atoms with Crippen molar-refractivity contribution in [2.75, 3.05) is 0 Å². The first-order chi connectivity index (χ1) is 8.12. The Morgan fingerprint density at radius 2 is 2.06 bits per heavy atom. The van der Waals surface area contributed by atoms with Crippen molar-refractivity contribution in [3.63, 3.8) is 0 Å². The Hall–Kier alpha value is -1.13. The van der Waals surface area contributed by atoms with Crippen LogP contribution in [0.3, 0.4) is 0 Å². The van der Waals surface area contributed by atoms with Gasteiger partial charge in [0.05, 0.1) is 11.9 Å². The SMILES string of the molecule is Cn1ncc(C2(N)CC2)c1-c1ccccc1Br. The third-order valence-electron chi connectivity index (χ3n) is 3.39. The molecule has 0 saturated heterocycles. The van der Waals surface area contributed by atoms with Gasteiger partial charge in [-0.1, -0.05) is 34.1 Å². The van der Waals surface area contributed by atoms with Crippen molar-refractivity contribution in [3.8, 4) is 11.3 Å². The van der Waals surface area contributed by atoms with Crippen molar-refractivity contribution >= 4 is 15.9 Å². The third-order valence-corrected chi connectivity index (χ3v) is 4.08. The molecule has 0 amide bonds. The molecule has 4 heteroatoms. The van der Waals surface area contributed by atoms with E-state index in [-0.39, 0.29) is 5.54 Å². The monoisotopic (exact) mass is 291 g/mol. The fraction of sp³-hybridized carbons (Fsp3) is 0.308. The van der Waals surface area contributed by atoms with Crippen molar-refractivity contribution in [1.82, 2.24) is 9.78 Å². The van der Waals surface area contributed by atoms with Crippen molar-refractivity contribution in [2.24, 2.45) is 12.8 Å². The predicted molar refractivity (Wildman–Crippen MR) is 71.4 cm³/mol. The summed E-state index contributed by atoms with van der Waals surface area (Å²) in [6.45, 7) is 0. The molecule has 3 nitrogen and oxygen atoms in total. The lowest BCUT2D eigenvalue weighted by atomic mass is 10.0. The molecule has 1 heterocycles. The quantitative estimate of drug-likeness (QED) is 0.925. The minimum Gasteiger partial charge on any atom is -0.321 e. The van der Waals surface area contributed by atoms with Crippen LogP contribution in [0.25, 0.3) is 11.3 Å². The Morgan fingerprint density at radius 1 is 1.35 bits per heavy atom. The average Bonchev–Trinajstić information content (AvgIpc) is 2.93. The number of aryl methyl sites for hydroxylation is 1. The minimum atomic E-state index is -0.154. The van der Waals surface area contributed by atoms with Crippen LogP contribution in [0.1, 0.15) is 18.4 Å². The van der Waals surface area contributed by atoms with E-state index in [2.05, 4.69) is 27.1 Å². The van der Waals surface area contributed by atoms with Crippen LogP contribution in [0.4, 0.5) is 0 Å². The lowest BCUT2D eigenvalue weighted by Crippen LogP contribution is -2.19. The van der Waals surface area contributed by atoms with Gasteiger partial charge in [-0.2, -0.15) is 5.10 Å². The van der Waals surface area contributed by atoms with Crippen LogP contribution in [0.5, 0.6) is 0 Å². The number of halogens is 1. The molecule has 1 aromatic carbocycles. The summed E-state index contributed by atoms with van der Waals surface area (Å²) in [6, 6.07) is 8.18. The molecule has 1 aromatic heterocycles. The Kier molecular flexibility index (Phi) is 2.38. The fourth-order valence-electron chi connectivity index (χ4n) is 2.18. The lowest BCUT2D eigenvalue weighted by Gasteiger charge is -2.12. The maximum absolute atomic E-state index is 6.30. The highest BCUT2D eigenvalue weighted by molar-refractivity contribution is 9.10. The number of nitrogens with zero attached hydrogens (tertiary/aromatic N) is 2. The Balaban J connectivity index is 2.21. The summed E-state index contributed by atoms with van der Waals surface area (Å²) in [5.41, 5.74) is 9.58. The molecule has 0 unspecified atom stereocenters. The minimum absolute atomic E-state index is 0.154. The molecular weight excluding hydrogens is 278 g/mol. The topological polar surface area (TPSA) is 43.8 Å². The van der Waals surface area contributed by atoms with Gasteiger partial charge in [0.2, 0.25) is 0 Å². The second-order valence-electron chi connectivity index (χ2n) is 4.67. The van der Waals surface area contributed by atoms with Gasteiger partial charge in [-0.15, -0.1) is 0 Å². The standard InChI is InChI=1S/C13H14BrN3/c1-17-12(9-4-2-3-5-11(9)14)10(8-16-17)13(15)6-7-13/h2-5,8H,6-7,15H2,1H3. The van der Waals surface area contributed by atoms with E-state index >= 15 is 0 Å². The first-order valence-electron chi connectivity index (χ1n) is 5.68. The van der Waals surface area contributed by atoms with Crippen LogP contribution >= 0.6 is 15.9 Å². The van der Waals surface area contributed by atoms with Crippen molar-refractivity contribution in [2.45, 2.75) is 18.4 Å². The van der Waals surface area contributed by atoms with Gasteiger partial charge < -0.3 is 5.73 Å². The van der Waals surface area contributed by atoms with Crippen LogP contribution < -0.4 is 5.73 Å². The number of rotatable bonds is 2. The molecular formula is C13H14BrN3. The summed E-state index contributed by atoms with van der Waals surface area (Å²) in [7, 11) is 1.96. The normalized spacial score (nSPS) is 17.1. The average molecular weight is 292 g/mol. The van der Waals surface area contributed by atoms with Gasteiger partial charge >= 0.3 is 0 Å². The van der Waals surface area contributed by atoms with E-state index in [0.29, 0.717) is 0 Å². The summed E-state index contributed by atoms with van der Waals surface area (Å²) in [5.74, 6) is 0. The molecule has 0 bridgehead atoms. The van der Waals surface area contributed by atoms with Gasteiger partial charge in [0.15, 0.2) is 0 Å². The van der Waals surface area contributed by atoms with Gasteiger partial charge in [0.25, 0.3) is 0 Å². The third kappa shape index (κ3) is 1.72. The highest BCUT2D eigenvalue weighted by Gasteiger charge is 2.43. The molecule has 3 rings (SSSR count). The first kappa shape index (κ1) is 11.0. The second-order valence-corrected chi connectivity index (χ2v) is 5.52. The maximum atomic E-state index is 6.30. The molecule has 88 valence electrons. The fourth-order valence-corrected chi connectivity index (χ4v) is 2.65. The largest absolute Gasteiger partial charge is 0.321 e. The zero-order valence-electron chi connectivity index (χ0n) is 9.65. The number of benzene rings is 1. The van der Waals surface area contributed by atoms with Gasteiger partial charge in [-0.3, -0.25) is 4.68 Å². The molecule has 0 aliphatic heterocycles. The summed E-state index contributed by atoms with van der Waals surface area (Å²) < 4.78 is 2.98. The van der Waals surface area contributed by atoms with Gasteiger partial charge in [-0.05, 0) is 18.9 Å². The van der Waals surface area contributed by atoms with E-state index in [4.69, 9.17) is 5.73 Å². The predicted octanol–water partition coefficient (Wildman–Crippen LogP) is 2.80. The maximum Gasteiger partial charge on any atom is 0.0740 e. The van der Waals surface area contributed by atoms with Crippen molar-refractivity contribution in [3.05, 3.63) is 40.5 Å². The smallest absolute Gasteiger partial charge is 0.0740 e. The van der Waals surface area contributed by atoms with E-state index in [1.807, 2.05) is 36.1 Å². The van der Waals surface area contributed by atoms with Gasteiger partial charge in [0, 0.05) is 28.2 Å². The van der Waals surface area contributed by atoms with E-state index in [0.717, 1.165) is 34.1 Å². The number of hydrogen-bond donors (Lipinski definition) is 1. The van der Waals surface area contributed by atoms with Gasteiger partial charge in [-0.25, -0.2) is 0 Å². The second kappa shape index (κ2) is 3.68. The van der Waals surface area contributed by atoms with E-state index in [9.17, 15) is 0 Å². The Labute approximate surface area is 109 Å². The van der Waals surface area contributed by atoms with Crippen LogP contribution in [0, 0.1) is 0 Å². The van der Waals surface area contributed by atoms with Crippen LogP contribution in [-0.2, 0) is 12.6 Å². The summed E-state index contributed by atoms with van der Waals surface area (Å²) in [6.07, 6.45) is 4.01. The van der Waals surface area contributed by atoms with Gasteiger partial charge in [0.1, 0.15) is 0 Å². The highest BCUT2D eigenvalue weighted by atomic mass is 79.9. The number of hydrogen-bond acceptors (Lipinski definition) is 2. The molecule has 1 aliphatic rings. The first-order valence-corrected chi connectivity index (χ1v) is 6.47. The highest BCUT2D eigenvalue weighted by Crippen LogP contribution is 2.47. The Bertz CT molecular complexity index is 570. The zero-order valence-corrected chi connectivity index (χ0v) is 11.2. The summed E-state index contributed by atoms with van der Waals surface area (Å²) >= 11 is 3.59. The van der Waals surface area contributed by atoms with Crippen LogP contribution in [0.2, 0.25) is 0 Å². The molecule has 17 heavy (non-hydrogen) atoms. The molecule has 1 fully saturated rings. The van der Waals surface area contributed by atoms with Crippen LogP contribution in [0.15, 0.2) is 34.9 Å². The molecule has 1 aliphatic carbocycles. The molecule has 2 N–H and O–H groups in total. The van der Waals surface area contributed by atoms with Crippen LogP contribution in [-0.4, -0.2) is 9.78 Å².